The average Bonchev–Trinajstić information content (AvgIpc) is 2.50. The van der Waals surface area contributed by atoms with Crippen molar-refractivity contribution in [3.63, 3.8) is 0 Å². The highest BCUT2D eigenvalue weighted by atomic mass is 16.3. The zero-order chi connectivity index (χ0) is 7.94. The molecule has 0 saturated carbocycles. The molecule has 0 atom stereocenters. The molecule has 62 valence electrons. The van der Waals surface area contributed by atoms with E-state index in [1.165, 1.54) is 5.56 Å². The van der Waals surface area contributed by atoms with Crippen LogP contribution in [0.3, 0.4) is 0 Å². The minimum absolute atomic E-state index is 0.887. The molecule has 0 aliphatic rings. The quantitative estimate of drug-likeness (QED) is 0.609. The van der Waals surface area contributed by atoms with Crippen molar-refractivity contribution >= 4 is 0 Å². The summed E-state index contributed by atoms with van der Waals surface area (Å²) in [5, 5.41) is 6.33. The molecule has 0 amide bonds. The molecule has 0 radical (unpaired) electrons. The maximum atomic E-state index is 4.92. The van der Waals surface area contributed by atoms with Gasteiger partial charge in [0.25, 0.3) is 0 Å². The fourth-order valence-electron chi connectivity index (χ4n) is 0.839. The van der Waals surface area contributed by atoms with E-state index >= 15 is 0 Å². The van der Waals surface area contributed by atoms with E-state index in [1.54, 1.807) is 12.5 Å². The summed E-state index contributed by atoms with van der Waals surface area (Å²) in [4.78, 5) is 0. The van der Waals surface area contributed by atoms with Gasteiger partial charge in [0, 0.05) is 25.2 Å². The first kappa shape index (κ1) is 8.30. The number of nitrogens with one attached hydrogen (secondary N) is 2. The summed E-state index contributed by atoms with van der Waals surface area (Å²) in [6.07, 6.45) is 3.45. The fraction of sp³-hybridized carbons (Fsp3) is 0.500. The Morgan fingerprint density at radius 1 is 1.45 bits per heavy atom. The topological polar surface area (TPSA) is 37.2 Å². The normalized spacial score (nSPS) is 10.3. The molecule has 3 heteroatoms. The van der Waals surface area contributed by atoms with Gasteiger partial charge in [-0.15, -0.1) is 0 Å². The van der Waals surface area contributed by atoms with Crippen LogP contribution in [0.2, 0.25) is 0 Å². The lowest BCUT2D eigenvalue weighted by atomic mass is 10.3. The highest BCUT2D eigenvalue weighted by molar-refractivity contribution is 5.04. The smallest absolute Gasteiger partial charge is 0.0947 e. The molecule has 0 unspecified atom stereocenters. The van der Waals surface area contributed by atoms with Crippen molar-refractivity contribution in [3.8, 4) is 0 Å². The summed E-state index contributed by atoms with van der Waals surface area (Å²) >= 11 is 0. The van der Waals surface area contributed by atoms with E-state index in [2.05, 4.69) is 10.6 Å². The highest BCUT2D eigenvalue weighted by Crippen LogP contribution is 1.97. The van der Waals surface area contributed by atoms with Crippen LogP contribution in [0.25, 0.3) is 0 Å². The zero-order valence-electron chi connectivity index (χ0n) is 6.76. The lowest BCUT2D eigenvalue weighted by Crippen LogP contribution is -2.24. The number of furan rings is 1. The van der Waals surface area contributed by atoms with Crippen LogP contribution in [0, 0.1) is 0 Å². The van der Waals surface area contributed by atoms with Gasteiger partial charge in [-0.2, -0.15) is 0 Å². The van der Waals surface area contributed by atoms with Crippen LogP contribution in [0.5, 0.6) is 0 Å². The SMILES string of the molecule is CNCCNCc1ccoc1. The molecule has 1 aromatic heterocycles. The van der Waals surface area contributed by atoms with E-state index in [9.17, 15) is 0 Å². The van der Waals surface area contributed by atoms with Gasteiger partial charge in [0.05, 0.1) is 12.5 Å². The Hall–Kier alpha value is -0.800. The molecule has 0 aliphatic heterocycles. The monoisotopic (exact) mass is 154 g/mol. The van der Waals surface area contributed by atoms with Gasteiger partial charge < -0.3 is 15.1 Å². The molecule has 3 nitrogen and oxygen atoms in total. The van der Waals surface area contributed by atoms with E-state index in [0.717, 1.165) is 19.6 Å². The Balaban J connectivity index is 2.04. The van der Waals surface area contributed by atoms with Crippen LogP contribution in [0.15, 0.2) is 23.0 Å². The lowest BCUT2D eigenvalue weighted by Gasteiger charge is -2.00. The maximum absolute atomic E-state index is 4.92. The third kappa shape index (κ3) is 3.20. The van der Waals surface area contributed by atoms with E-state index in [-0.39, 0.29) is 0 Å². The van der Waals surface area contributed by atoms with Crippen LogP contribution < -0.4 is 10.6 Å². The van der Waals surface area contributed by atoms with Crippen LogP contribution in [-0.4, -0.2) is 20.1 Å². The molecule has 0 saturated heterocycles. The fourth-order valence-corrected chi connectivity index (χ4v) is 0.839. The van der Waals surface area contributed by atoms with Crippen molar-refractivity contribution in [2.24, 2.45) is 0 Å². The maximum Gasteiger partial charge on any atom is 0.0947 e. The Bertz CT molecular complexity index is 172. The summed E-state index contributed by atoms with van der Waals surface area (Å²) in [5.41, 5.74) is 1.20. The Labute approximate surface area is 66.8 Å². The molecule has 2 N–H and O–H groups in total. The molecule has 1 aromatic rings. The Morgan fingerprint density at radius 2 is 2.36 bits per heavy atom. The lowest BCUT2D eigenvalue weighted by molar-refractivity contribution is 0.559. The van der Waals surface area contributed by atoms with E-state index in [1.807, 2.05) is 13.1 Å². The molecule has 1 rings (SSSR count). The van der Waals surface area contributed by atoms with Crippen molar-refractivity contribution in [1.29, 1.82) is 0 Å². The van der Waals surface area contributed by atoms with Gasteiger partial charge in [0.2, 0.25) is 0 Å². The second-order valence-electron chi connectivity index (χ2n) is 2.41. The second-order valence-corrected chi connectivity index (χ2v) is 2.41. The molecule has 0 aliphatic carbocycles. The Morgan fingerprint density at radius 3 is 3.00 bits per heavy atom. The largest absolute Gasteiger partial charge is 0.472 e. The number of rotatable bonds is 5. The predicted octanol–water partition coefficient (Wildman–Crippen LogP) is 0.589. The summed E-state index contributed by atoms with van der Waals surface area (Å²) in [6.45, 7) is 2.87. The molecule has 11 heavy (non-hydrogen) atoms. The van der Waals surface area contributed by atoms with E-state index in [4.69, 9.17) is 4.42 Å². The second kappa shape index (κ2) is 4.93. The molecular weight excluding hydrogens is 140 g/mol. The summed E-state index contributed by atoms with van der Waals surface area (Å²) in [6, 6.07) is 1.96. The van der Waals surface area contributed by atoms with Crippen molar-refractivity contribution in [1.82, 2.24) is 10.6 Å². The molecule has 0 bridgehead atoms. The van der Waals surface area contributed by atoms with Crippen LogP contribution in [-0.2, 0) is 6.54 Å². The van der Waals surface area contributed by atoms with Crippen LogP contribution in [0.4, 0.5) is 0 Å². The van der Waals surface area contributed by atoms with Gasteiger partial charge in [0.15, 0.2) is 0 Å². The standard InChI is InChI=1S/C8H14N2O/c1-9-3-4-10-6-8-2-5-11-7-8/h2,5,7,9-10H,3-4,6H2,1H3. The van der Waals surface area contributed by atoms with Crippen molar-refractivity contribution in [2.75, 3.05) is 20.1 Å². The van der Waals surface area contributed by atoms with Crippen molar-refractivity contribution in [2.45, 2.75) is 6.54 Å². The van der Waals surface area contributed by atoms with E-state index in [0.29, 0.717) is 0 Å². The summed E-state index contributed by atoms with van der Waals surface area (Å²) in [5.74, 6) is 0. The highest BCUT2D eigenvalue weighted by Gasteiger charge is 1.91. The minimum Gasteiger partial charge on any atom is -0.472 e. The van der Waals surface area contributed by atoms with Gasteiger partial charge in [-0.3, -0.25) is 0 Å². The first-order valence-electron chi connectivity index (χ1n) is 3.80. The third-order valence-electron chi connectivity index (χ3n) is 1.46. The molecule has 0 fully saturated rings. The van der Waals surface area contributed by atoms with Gasteiger partial charge in [-0.25, -0.2) is 0 Å². The van der Waals surface area contributed by atoms with Crippen molar-refractivity contribution < 1.29 is 4.42 Å². The van der Waals surface area contributed by atoms with Crippen molar-refractivity contribution in [3.05, 3.63) is 24.2 Å². The average molecular weight is 154 g/mol. The van der Waals surface area contributed by atoms with Gasteiger partial charge in [-0.05, 0) is 13.1 Å². The molecule has 1 heterocycles. The molecule has 0 aromatic carbocycles. The van der Waals surface area contributed by atoms with Gasteiger partial charge >= 0.3 is 0 Å². The number of likely N-dealkylation sites (N-methyl/N-ethyl adjacent to an activating group) is 1. The molecular formula is C8H14N2O. The minimum atomic E-state index is 0.887. The first-order valence-corrected chi connectivity index (χ1v) is 3.80. The molecule has 0 spiro atoms. The first-order chi connectivity index (χ1) is 5.43. The Kier molecular flexibility index (Phi) is 3.72. The predicted molar refractivity (Wildman–Crippen MR) is 44.3 cm³/mol. The van der Waals surface area contributed by atoms with Gasteiger partial charge in [0.1, 0.15) is 0 Å². The van der Waals surface area contributed by atoms with E-state index < -0.39 is 0 Å². The third-order valence-corrected chi connectivity index (χ3v) is 1.46. The number of hydrogen-bond donors (Lipinski definition) is 2. The summed E-state index contributed by atoms with van der Waals surface area (Å²) < 4.78 is 4.92. The van der Waals surface area contributed by atoms with Crippen LogP contribution in [0.1, 0.15) is 5.56 Å². The summed E-state index contributed by atoms with van der Waals surface area (Å²) in [7, 11) is 1.94. The van der Waals surface area contributed by atoms with Gasteiger partial charge in [-0.1, -0.05) is 0 Å². The number of hydrogen-bond acceptors (Lipinski definition) is 3. The zero-order valence-corrected chi connectivity index (χ0v) is 6.76. The van der Waals surface area contributed by atoms with Crippen LogP contribution >= 0.6 is 0 Å².